The molecule has 0 spiro atoms. The van der Waals surface area contributed by atoms with E-state index in [1.807, 2.05) is 36.4 Å². The monoisotopic (exact) mass is 400 g/mol. The number of hydrogen-bond donors (Lipinski definition) is 0. The molecule has 0 N–H and O–H groups in total. The molecule has 0 saturated carbocycles. The third-order valence-corrected chi connectivity index (χ3v) is 5.65. The fraction of sp³-hybridized carbons (Fsp3) is 0.357. The smallest absolute Gasteiger partial charge is 0.212 e. The van der Waals surface area contributed by atoms with Crippen LogP contribution >= 0.6 is 0 Å². The molecule has 0 fully saturated rings. The Bertz CT molecular complexity index is 1040. The molecule has 1 heterocycles. The van der Waals surface area contributed by atoms with Gasteiger partial charge in [0.15, 0.2) is 18.0 Å². The topological polar surface area (TPSA) is 20.9 Å². The van der Waals surface area contributed by atoms with Crippen LogP contribution in [0, 0.1) is 0 Å². The Morgan fingerprint density at radius 2 is 1.50 bits per heavy atom. The highest BCUT2D eigenvalue weighted by molar-refractivity contribution is 6.09. The first-order chi connectivity index (χ1) is 14.1. The Hall–Kier alpha value is -2.74. The van der Waals surface area contributed by atoms with E-state index in [0.29, 0.717) is 12.0 Å². The van der Waals surface area contributed by atoms with E-state index < -0.39 is 0 Å². The molecule has 0 bridgehead atoms. The minimum Gasteiger partial charge on any atom is -0.289 e. The first-order valence-corrected chi connectivity index (χ1v) is 10.9. The molecule has 0 saturated heterocycles. The van der Waals surface area contributed by atoms with Crippen molar-refractivity contribution in [2.75, 3.05) is 0 Å². The average Bonchev–Trinajstić information content (AvgIpc) is 2.72. The van der Waals surface area contributed by atoms with Crippen molar-refractivity contribution in [2.24, 2.45) is 0 Å². The largest absolute Gasteiger partial charge is 0.289 e. The van der Waals surface area contributed by atoms with Gasteiger partial charge in [0.05, 0.1) is 0 Å². The van der Waals surface area contributed by atoms with Gasteiger partial charge in [0.1, 0.15) is 0 Å². The Kier molecular flexibility index (Phi) is 6.26. The second-order valence-corrected chi connectivity index (χ2v) is 9.71. The number of carbonyl (C=O) groups is 1. The minimum absolute atomic E-state index is 0.0730. The van der Waals surface area contributed by atoms with Crippen LogP contribution in [-0.2, 0) is 5.41 Å². The lowest BCUT2D eigenvalue weighted by Crippen LogP contribution is -2.40. The van der Waals surface area contributed by atoms with Gasteiger partial charge >= 0.3 is 0 Å². The Morgan fingerprint density at radius 1 is 0.833 bits per heavy atom. The standard InChI is InChI=1S/C28H34NO/c1-19(2)25-17-22(27(30)21-11-9-8-10-12-21)13-15-24(25)26-16-14-23(28(5,6)7)18-29(26)20(3)4/h8-20H,1-7H3/q+1. The van der Waals surface area contributed by atoms with Gasteiger partial charge in [-0.1, -0.05) is 71.0 Å². The molecule has 30 heavy (non-hydrogen) atoms. The Morgan fingerprint density at radius 3 is 2.07 bits per heavy atom. The van der Waals surface area contributed by atoms with E-state index in [9.17, 15) is 4.79 Å². The first-order valence-electron chi connectivity index (χ1n) is 10.9. The second kappa shape index (κ2) is 8.55. The van der Waals surface area contributed by atoms with Gasteiger partial charge < -0.3 is 0 Å². The number of pyridine rings is 1. The molecule has 0 aliphatic rings. The van der Waals surface area contributed by atoms with Crippen molar-refractivity contribution in [3.63, 3.8) is 0 Å². The lowest BCUT2D eigenvalue weighted by Gasteiger charge is -2.20. The summed E-state index contributed by atoms with van der Waals surface area (Å²) >= 11 is 0. The summed E-state index contributed by atoms with van der Waals surface area (Å²) in [5.41, 5.74) is 6.49. The number of ketones is 1. The molecule has 3 rings (SSSR count). The maximum Gasteiger partial charge on any atom is 0.212 e. The van der Waals surface area contributed by atoms with Crippen molar-refractivity contribution in [2.45, 2.75) is 65.8 Å². The van der Waals surface area contributed by atoms with Crippen LogP contribution < -0.4 is 4.57 Å². The van der Waals surface area contributed by atoms with E-state index in [-0.39, 0.29) is 11.2 Å². The number of rotatable bonds is 5. The van der Waals surface area contributed by atoms with Crippen LogP contribution in [0.4, 0.5) is 0 Å². The van der Waals surface area contributed by atoms with E-state index in [1.165, 1.54) is 22.4 Å². The molecule has 0 aliphatic heterocycles. The number of benzene rings is 2. The van der Waals surface area contributed by atoms with Crippen LogP contribution in [-0.4, -0.2) is 5.78 Å². The van der Waals surface area contributed by atoms with Crippen LogP contribution in [0.15, 0.2) is 66.9 Å². The van der Waals surface area contributed by atoms with Crippen LogP contribution in [0.1, 0.15) is 87.5 Å². The predicted molar refractivity (Wildman–Crippen MR) is 125 cm³/mol. The third-order valence-electron chi connectivity index (χ3n) is 5.65. The van der Waals surface area contributed by atoms with E-state index in [1.54, 1.807) is 0 Å². The molecule has 2 heteroatoms. The predicted octanol–water partition coefficient (Wildman–Crippen LogP) is 6.87. The first kappa shape index (κ1) is 22.0. The summed E-state index contributed by atoms with van der Waals surface area (Å²) in [6.45, 7) is 15.6. The van der Waals surface area contributed by atoms with Crippen molar-refractivity contribution < 1.29 is 9.36 Å². The second-order valence-electron chi connectivity index (χ2n) is 9.71. The van der Waals surface area contributed by atoms with Crippen molar-refractivity contribution in [3.05, 3.63) is 89.1 Å². The zero-order valence-corrected chi connectivity index (χ0v) is 19.4. The zero-order chi connectivity index (χ0) is 22.1. The molecule has 2 aromatic carbocycles. The number of carbonyl (C=O) groups excluding carboxylic acids is 1. The quantitative estimate of drug-likeness (QED) is 0.338. The van der Waals surface area contributed by atoms with Gasteiger partial charge in [0.2, 0.25) is 5.69 Å². The van der Waals surface area contributed by atoms with E-state index in [0.717, 1.165) is 11.1 Å². The van der Waals surface area contributed by atoms with Gasteiger partial charge in [-0.3, -0.25) is 4.79 Å². The van der Waals surface area contributed by atoms with Gasteiger partial charge in [-0.25, -0.2) is 0 Å². The maximum absolute atomic E-state index is 13.0. The summed E-state index contributed by atoms with van der Waals surface area (Å²) in [5.74, 6) is 0.385. The van der Waals surface area contributed by atoms with Gasteiger partial charge in [-0.2, -0.15) is 4.57 Å². The van der Waals surface area contributed by atoms with Crippen LogP contribution in [0.3, 0.4) is 0 Å². The maximum atomic E-state index is 13.0. The highest BCUT2D eigenvalue weighted by Gasteiger charge is 2.25. The van der Waals surface area contributed by atoms with Gasteiger partial charge in [-0.15, -0.1) is 0 Å². The van der Waals surface area contributed by atoms with Crippen LogP contribution in [0.5, 0.6) is 0 Å². The molecule has 0 atom stereocenters. The zero-order valence-electron chi connectivity index (χ0n) is 19.4. The van der Waals surface area contributed by atoms with E-state index in [4.69, 9.17) is 0 Å². The fourth-order valence-electron chi connectivity index (χ4n) is 3.79. The molecule has 2 nitrogen and oxygen atoms in total. The molecule has 3 aromatic rings. The van der Waals surface area contributed by atoms with Crippen molar-refractivity contribution in [1.29, 1.82) is 0 Å². The van der Waals surface area contributed by atoms with Gasteiger partial charge in [0.25, 0.3) is 0 Å². The van der Waals surface area contributed by atoms with Crippen LogP contribution in [0.25, 0.3) is 11.3 Å². The average molecular weight is 401 g/mol. The SMILES string of the molecule is CC(C)c1cc(C(=O)c2ccccc2)ccc1-c1ccc(C(C)(C)C)c[n+]1C(C)C. The minimum atomic E-state index is 0.0730. The van der Waals surface area contributed by atoms with Crippen molar-refractivity contribution >= 4 is 5.78 Å². The molecule has 156 valence electrons. The molecule has 0 amide bonds. The Balaban J connectivity index is 2.14. The number of nitrogens with zero attached hydrogens (tertiary/aromatic N) is 1. The summed E-state index contributed by atoms with van der Waals surface area (Å²) in [5, 5.41) is 0. The van der Waals surface area contributed by atoms with E-state index >= 15 is 0 Å². The fourth-order valence-corrected chi connectivity index (χ4v) is 3.79. The van der Waals surface area contributed by atoms with E-state index in [2.05, 4.69) is 83.5 Å². The molecule has 0 radical (unpaired) electrons. The summed E-state index contributed by atoms with van der Waals surface area (Å²) in [4.78, 5) is 13.0. The van der Waals surface area contributed by atoms with Gasteiger partial charge in [-0.05, 0) is 48.9 Å². The number of hydrogen-bond acceptors (Lipinski definition) is 1. The molecule has 1 aromatic heterocycles. The van der Waals surface area contributed by atoms with Crippen LogP contribution in [0.2, 0.25) is 0 Å². The van der Waals surface area contributed by atoms with Crippen molar-refractivity contribution in [3.8, 4) is 11.3 Å². The normalized spacial score (nSPS) is 11.9. The Labute approximate surface area is 181 Å². The van der Waals surface area contributed by atoms with Crippen molar-refractivity contribution in [1.82, 2.24) is 0 Å². The molecule has 0 unspecified atom stereocenters. The summed E-state index contributed by atoms with van der Waals surface area (Å²) in [6, 6.07) is 20.5. The summed E-state index contributed by atoms with van der Waals surface area (Å²) in [6.07, 6.45) is 2.28. The summed E-state index contributed by atoms with van der Waals surface area (Å²) in [7, 11) is 0. The third kappa shape index (κ3) is 4.53. The summed E-state index contributed by atoms with van der Waals surface area (Å²) < 4.78 is 2.36. The highest BCUT2D eigenvalue weighted by atomic mass is 16.1. The molecular weight excluding hydrogens is 366 g/mol. The lowest BCUT2D eigenvalue weighted by atomic mass is 9.86. The lowest BCUT2D eigenvalue weighted by molar-refractivity contribution is -0.706. The number of aromatic nitrogens is 1. The highest BCUT2D eigenvalue weighted by Crippen LogP contribution is 2.31. The molecule has 0 aliphatic carbocycles. The molecular formula is C28H34NO+. The van der Waals surface area contributed by atoms with Gasteiger partial charge in [0, 0.05) is 28.3 Å².